The quantitative estimate of drug-likeness (QED) is 0.536. The molecule has 0 aliphatic carbocycles. The van der Waals surface area contributed by atoms with Crippen LogP contribution in [0.25, 0.3) is 0 Å². The van der Waals surface area contributed by atoms with Gasteiger partial charge in [-0.3, -0.25) is 9.59 Å². The Bertz CT molecular complexity index is 952. The number of methoxy groups -OCH3 is 2. The average molecular weight is 447 g/mol. The summed E-state index contributed by atoms with van der Waals surface area (Å²) in [6.45, 7) is 1.41. The van der Waals surface area contributed by atoms with Gasteiger partial charge in [-0.25, -0.2) is 9.59 Å². The van der Waals surface area contributed by atoms with Crippen LogP contribution >= 0.6 is 0 Å². The Morgan fingerprint density at radius 3 is 2.44 bits per heavy atom. The zero-order chi connectivity index (χ0) is 23.3. The van der Waals surface area contributed by atoms with Crippen LogP contribution in [-0.4, -0.2) is 98.9 Å². The number of anilines is 1. The monoisotopic (exact) mass is 447 g/mol. The minimum atomic E-state index is -0.721. The number of aliphatic hydroxyl groups excluding tert-OH is 1. The molecule has 32 heavy (non-hydrogen) atoms. The maximum absolute atomic E-state index is 12.9. The summed E-state index contributed by atoms with van der Waals surface area (Å²) >= 11 is 0. The molecule has 1 fully saturated rings. The second-order valence-electron chi connectivity index (χ2n) is 7.08. The van der Waals surface area contributed by atoms with Crippen molar-refractivity contribution in [3.05, 3.63) is 40.6 Å². The number of nitrogens with one attached hydrogen (secondary N) is 1. The van der Waals surface area contributed by atoms with Crippen LogP contribution in [0.15, 0.2) is 29.5 Å². The first-order valence-corrected chi connectivity index (χ1v) is 9.99. The maximum Gasteiger partial charge on any atom is 0.339 e. The van der Waals surface area contributed by atoms with Gasteiger partial charge in [-0.1, -0.05) is 0 Å². The van der Waals surface area contributed by atoms with E-state index < -0.39 is 17.8 Å². The number of carbonyl (C=O) groups excluding carboxylic acids is 4. The summed E-state index contributed by atoms with van der Waals surface area (Å²) in [4.78, 5) is 53.2. The van der Waals surface area contributed by atoms with E-state index >= 15 is 0 Å². The molecular weight excluding hydrogens is 422 g/mol. The van der Waals surface area contributed by atoms with Crippen LogP contribution in [-0.2, 0) is 23.8 Å². The van der Waals surface area contributed by atoms with Gasteiger partial charge in [-0.05, 0) is 18.2 Å². The van der Waals surface area contributed by atoms with E-state index in [0.717, 1.165) is 0 Å². The van der Waals surface area contributed by atoms with Crippen molar-refractivity contribution >= 4 is 29.4 Å². The lowest BCUT2D eigenvalue weighted by atomic mass is 10.1. The van der Waals surface area contributed by atoms with Crippen LogP contribution in [0.2, 0.25) is 0 Å². The first kappa shape index (κ1) is 23.2. The Labute approximate surface area is 184 Å². The Hall–Kier alpha value is -3.44. The van der Waals surface area contributed by atoms with Gasteiger partial charge in [0, 0.05) is 25.2 Å². The van der Waals surface area contributed by atoms with Crippen molar-refractivity contribution in [3.8, 4) is 0 Å². The summed E-state index contributed by atoms with van der Waals surface area (Å²) in [5.41, 5.74) is 0.459. The van der Waals surface area contributed by atoms with Gasteiger partial charge < -0.3 is 34.4 Å². The first-order chi connectivity index (χ1) is 15.4. The van der Waals surface area contributed by atoms with E-state index in [1.54, 1.807) is 4.90 Å². The largest absolute Gasteiger partial charge is 0.466 e. The van der Waals surface area contributed by atoms with E-state index in [4.69, 9.17) is 14.2 Å². The molecule has 0 aromatic heterocycles. The van der Waals surface area contributed by atoms with Gasteiger partial charge in [0.1, 0.15) is 5.70 Å². The standard InChI is InChI=1S/C21H25N3O8/c1-30-20(28)14-4-3-13(18(26)23-6-9-32-10-7-23)11-16(14)22-17-15(21(29)31-2)12-24(5-8-25)19(17)27/h3-4,11,22,25H,5-10,12H2,1-2H3. The second-order valence-corrected chi connectivity index (χ2v) is 7.08. The summed E-state index contributed by atoms with van der Waals surface area (Å²) in [5, 5.41) is 12.0. The highest BCUT2D eigenvalue weighted by Crippen LogP contribution is 2.27. The number of hydrogen-bond donors (Lipinski definition) is 2. The zero-order valence-corrected chi connectivity index (χ0v) is 17.9. The Morgan fingerprint density at radius 2 is 1.81 bits per heavy atom. The molecule has 0 bridgehead atoms. The van der Waals surface area contributed by atoms with Gasteiger partial charge >= 0.3 is 11.9 Å². The summed E-state index contributed by atoms with van der Waals surface area (Å²) in [5.74, 6) is -2.20. The summed E-state index contributed by atoms with van der Waals surface area (Å²) in [7, 11) is 2.40. The van der Waals surface area contributed by atoms with Gasteiger partial charge in [0.25, 0.3) is 11.8 Å². The van der Waals surface area contributed by atoms with Gasteiger partial charge in [-0.15, -0.1) is 0 Å². The predicted molar refractivity (Wildman–Crippen MR) is 111 cm³/mol. The van der Waals surface area contributed by atoms with E-state index in [1.165, 1.54) is 37.3 Å². The van der Waals surface area contributed by atoms with Crippen molar-refractivity contribution in [2.45, 2.75) is 0 Å². The van der Waals surface area contributed by atoms with E-state index in [2.05, 4.69) is 5.32 Å². The van der Waals surface area contributed by atoms with Crippen LogP contribution in [0.3, 0.4) is 0 Å². The van der Waals surface area contributed by atoms with Gasteiger partial charge in [0.05, 0.1) is 57.4 Å². The molecule has 2 aliphatic rings. The molecule has 11 nitrogen and oxygen atoms in total. The Balaban J connectivity index is 1.99. The third-order valence-corrected chi connectivity index (χ3v) is 5.18. The van der Waals surface area contributed by atoms with Gasteiger partial charge in [0.15, 0.2) is 0 Å². The van der Waals surface area contributed by atoms with Crippen LogP contribution in [0.4, 0.5) is 5.69 Å². The molecule has 11 heteroatoms. The number of ether oxygens (including phenoxy) is 3. The normalized spacial score (nSPS) is 16.3. The van der Waals surface area contributed by atoms with Crippen LogP contribution in [0.1, 0.15) is 20.7 Å². The van der Waals surface area contributed by atoms with Crippen LogP contribution < -0.4 is 5.32 Å². The SMILES string of the molecule is COC(=O)C1=C(Nc2cc(C(=O)N3CCOCC3)ccc2C(=O)OC)C(=O)N(CCO)C1. The van der Waals surface area contributed by atoms with E-state index in [-0.39, 0.29) is 48.1 Å². The second kappa shape index (κ2) is 10.2. The highest BCUT2D eigenvalue weighted by atomic mass is 16.5. The fourth-order valence-corrected chi connectivity index (χ4v) is 3.50. The molecule has 2 aliphatic heterocycles. The lowest BCUT2D eigenvalue weighted by Crippen LogP contribution is -2.40. The number of nitrogens with zero attached hydrogens (tertiary/aromatic N) is 2. The van der Waals surface area contributed by atoms with E-state index in [9.17, 15) is 24.3 Å². The number of morpholine rings is 1. The third-order valence-electron chi connectivity index (χ3n) is 5.18. The molecule has 1 aromatic carbocycles. The molecule has 1 aromatic rings. The van der Waals surface area contributed by atoms with Crippen molar-refractivity contribution in [1.82, 2.24) is 9.80 Å². The molecule has 2 amide bonds. The number of amides is 2. The number of benzene rings is 1. The molecule has 2 N–H and O–H groups in total. The molecular formula is C21H25N3O8. The van der Waals surface area contributed by atoms with Crippen LogP contribution in [0.5, 0.6) is 0 Å². The zero-order valence-electron chi connectivity index (χ0n) is 17.9. The molecule has 0 spiro atoms. The molecule has 1 saturated heterocycles. The highest BCUT2D eigenvalue weighted by Gasteiger charge is 2.35. The average Bonchev–Trinajstić information content (AvgIpc) is 3.13. The molecule has 0 unspecified atom stereocenters. The smallest absolute Gasteiger partial charge is 0.339 e. The number of carbonyl (C=O) groups is 4. The lowest BCUT2D eigenvalue weighted by Gasteiger charge is -2.27. The number of aliphatic hydroxyl groups is 1. The minimum Gasteiger partial charge on any atom is -0.466 e. The summed E-state index contributed by atoms with van der Waals surface area (Å²) in [6, 6.07) is 4.36. The van der Waals surface area contributed by atoms with Gasteiger partial charge in [0.2, 0.25) is 0 Å². The van der Waals surface area contributed by atoms with Crippen molar-refractivity contribution in [2.24, 2.45) is 0 Å². The maximum atomic E-state index is 12.9. The van der Waals surface area contributed by atoms with Crippen molar-refractivity contribution in [3.63, 3.8) is 0 Å². The minimum absolute atomic E-state index is 0.0178. The van der Waals surface area contributed by atoms with Crippen molar-refractivity contribution in [2.75, 3.05) is 65.5 Å². The molecule has 3 rings (SSSR count). The number of β-amino-alcohol motifs (C(OH)–C–C–N with tert-alkyl or cyclic N) is 1. The topological polar surface area (TPSA) is 135 Å². The molecule has 0 saturated carbocycles. The highest BCUT2D eigenvalue weighted by molar-refractivity contribution is 6.10. The Morgan fingerprint density at radius 1 is 1.12 bits per heavy atom. The van der Waals surface area contributed by atoms with E-state index in [0.29, 0.717) is 31.9 Å². The predicted octanol–water partition coefficient (Wildman–Crippen LogP) is -0.381. The number of hydrogen-bond acceptors (Lipinski definition) is 9. The number of rotatable bonds is 7. The molecule has 172 valence electrons. The molecule has 2 heterocycles. The lowest BCUT2D eigenvalue weighted by molar-refractivity contribution is -0.136. The number of esters is 2. The first-order valence-electron chi connectivity index (χ1n) is 9.99. The third kappa shape index (κ3) is 4.73. The summed E-state index contributed by atoms with van der Waals surface area (Å²) in [6.07, 6.45) is 0. The fourth-order valence-electron chi connectivity index (χ4n) is 3.50. The summed E-state index contributed by atoms with van der Waals surface area (Å²) < 4.78 is 14.9. The Kier molecular flexibility index (Phi) is 7.44. The van der Waals surface area contributed by atoms with Crippen LogP contribution in [0, 0.1) is 0 Å². The van der Waals surface area contributed by atoms with Gasteiger partial charge in [-0.2, -0.15) is 0 Å². The van der Waals surface area contributed by atoms with Crippen molar-refractivity contribution in [1.29, 1.82) is 0 Å². The van der Waals surface area contributed by atoms with E-state index in [1.807, 2.05) is 0 Å². The molecule has 0 atom stereocenters. The fraction of sp³-hybridized carbons (Fsp3) is 0.429. The molecule has 0 radical (unpaired) electrons. The van der Waals surface area contributed by atoms with Crippen molar-refractivity contribution < 1.29 is 38.5 Å².